The Bertz CT molecular complexity index is 364. The lowest BCUT2D eigenvalue weighted by molar-refractivity contribution is 0.401. The summed E-state index contributed by atoms with van der Waals surface area (Å²) >= 11 is 0. The van der Waals surface area contributed by atoms with Crippen LogP contribution in [0.4, 0.5) is 0 Å². The minimum Gasteiger partial charge on any atom is -0.496 e. The molecule has 0 aliphatic carbocycles. The van der Waals surface area contributed by atoms with E-state index in [1.165, 1.54) is 0 Å². The molecule has 0 aromatic heterocycles. The quantitative estimate of drug-likeness (QED) is 0.765. The predicted octanol–water partition coefficient (Wildman–Crippen LogP) is 3.77. The Kier molecular flexibility index (Phi) is 4.65. The molecule has 0 atom stereocenters. The first-order chi connectivity index (χ1) is 7.76. The Morgan fingerprint density at radius 3 is 1.44 bits per heavy atom. The van der Waals surface area contributed by atoms with Crippen molar-refractivity contribution in [1.29, 1.82) is 0 Å². The molecule has 2 heteroatoms. The maximum absolute atomic E-state index is 5.34. The van der Waals surface area contributed by atoms with Crippen LogP contribution in [0.1, 0.15) is 25.0 Å². The van der Waals surface area contributed by atoms with Gasteiger partial charge in [-0.05, 0) is 26.0 Å². The zero-order chi connectivity index (χ0) is 12.0. The Hall–Kier alpha value is -1.70. The third kappa shape index (κ3) is 2.66. The minimum absolute atomic E-state index is 0.854. The van der Waals surface area contributed by atoms with Gasteiger partial charge in [0.25, 0.3) is 0 Å². The molecule has 1 rings (SSSR count). The van der Waals surface area contributed by atoms with Gasteiger partial charge in [-0.3, -0.25) is 0 Å². The molecule has 0 aliphatic rings. The molecule has 16 heavy (non-hydrogen) atoms. The molecule has 0 bridgehead atoms. The van der Waals surface area contributed by atoms with Crippen molar-refractivity contribution >= 4 is 12.2 Å². The van der Waals surface area contributed by atoms with Crippen molar-refractivity contribution in [3.05, 3.63) is 35.4 Å². The molecular formula is C14H18O2. The van der Waals surface area contributed by atoms with Crippen molar-refractivity contribution in [2.24, 2.45) is 0 Å². The summed E-state index contributed by atoms with van der Waals surface area (Å²) in [6.45, 7) is 3.96. The van der Waals surface area contributed by atoms with E-state index in [0.29, 0.717) is 0 Å². The summed E-state index contributed by atoms with van der Waals surface area (Å²) in [5.74, 6) is 1.71. The highest BCUT2D eigenvalue weighted by molar-refractivity contribution is 5.67. The van der Waals surface area contributed by atoms with Crippen LogP contribution in [0.3, 0.4) is 0 Å². The summed E-state index contributed by atoms with van der Waals surface area (Å²) in [5, 5.41) is 0. The van der Waals surface area contributed by atoms with E-state index in [4.69, 9.17) is 9.47 Å². The molecule has 0 N–H and O–H groups in total. The SMILES string of the molecule is C/C=C/c1cc(OC)c(/C=C/C)cc1OC. The summed E-state index contributed by atoms with van der Waals surface area (Å²) in [6, 6.07) is 3.96. The van der Waals surface area contributed by atoms with Crippen LogP contribution in [-0.4, -0.2) is 14.2 Å². The van der Waals surface area contributed by atoms with Crippen molar-refractivity contribution in [3.8, 4) is 11.5 Å². The van der Waals surface area contributed by atoms with Gasteiger partial charge in [0.1, 0.15) is 11.5 Å². The number of methoxy groups -OCH3 is 2. The molecule has 1 aromatic carbocycles. The van der Waals surface area contributed by atoms with Gasteiger partial charge in [-0.25, -0.2) is 0 Å². The van der Waals surface area contributed by atoms with Crippen LogP contribution in [-0.2, 0) is 0 Å². The van der Waals surface area contributed by atoms with E-state index in [1.807, 2.05) is 50.3 Å². The fraction of sp³-hybridized carbons (Fsp3) is 0.286. The average molecular weight is 218 g/mol. The van der Waals surface area contributed by atoms with E-state index < -0.39 is 0 Å². The van der Waals surface area contributed by atoms with E-state index in [-0.39, 0.29) is 0 Å². The normalized spacial score (nSPS) is 11.2. The van der Waals surface area contributed by atoms with Gasteiger partial charge in [0.15, 0.2) is 0 Å². The number of rotatable bonds is 4. The van der Waals surface area contributed by atoms with Crippen LogP contribution in [0.25, 0.3) is 12.2 Å². The van der Waals surface area contributed by atoms with Crippen LogP contribution in [0.2, 0.25) is 0 Å². The zero-order valence-electron chi connectivity index (χ0n) is 10.3. The van der Waals surface area contributed by atoms with Crippen LogP contribution >= 0.6 is 0 Å². The Labute approximate surface area is 97.2 Å². The molecule has 0 fully saturated rings. The Balaban J connectivity index is 3.33. The van der Waals surface area contributed by atoms with Crippen LogP contribution < -0.4 is 9.47 Å². The second-order valence-electron chi connectivity index (χ2n) is 3.34. The van der Waals surface area contributed by atoms with Gasteiger partial charge >= 0.3 is 0 Å². The van der Waals surface area contributed by atoms with Crippen molar-refractivity contribution in [2.45, 2.75) is 13.8 Å². The molecule has 0 saturated heterocycles. The molecule has 2 nitrogen and oxygen atoms in total. The zero-order valence-corrected chi connectivity index (χ0v) is 10.3. The summed E-state index contributed by atoms with van der Waals surface area (Å²) in [4.78, 5) is 0. The second kappa shape index (κ2) is 6.01. The van der Waals surface area contributed by atoms with Crippen LogP contribution in [0.5, 0.6) is 11.5 Å². The van der Waals surface area contributed by atoms with Crippen molar-refractivity contribution in [2.75, 3.05) is 14.2 Å². The van der Waals surface area contributed by atoms with Crippen molar-refractivity contribution in [3.63, 3.8) is 0 Å². The fourth-order valence-corrected chi connectivity index (χ4v) is 1.56. The van der Waals surface area contributed by atoms with E-state index in [1.54, 1.807) is 14.2 Å². The molecule has 0 saturated carbocycles. The summed E-state index contributed by atoms with van der Waals surface area (Å²) in [6.07, 6.45) is 7.96. The Morgan fingerprint density at radius 2 is 1.19 bits per heavy atom. The lowest BCUT2D eigenvalue weighted by Gasteiger charge is -2.11. The van der Waals surface area contributed by atoms with Gasteiger partial charge < -0.3 is 9.47 Å². The number of ether oxygens (including phenoxy) is 2. The average Bonchev–Trinajstić information content (AvgIpc) is 2.31. The monoisotopic (exact) mass is 218 g/mol. The molecule has 0 unspecified atom stereocenters. The molecular weight excluding hydrogens is 200 g/mol. The van der Waals surface area contributed by atoms with Gasteiger partial charge in [-0.1, -0.05) is 24.3 Å². The summed E-state index contributed by atoms with van der Waals surface area (Å²) in [7, 11) is 3.35. The third-order valence-corrected chi connectivity index (χ3v) is 2.27. The maximum atomic E-state index is 5.34. The number of allylic oxidation sites excluding steroid dienone is 2. The first kappa shape index (κ1) is 12.4. The molecule has 0 radical (unpaired) electrons. The van der Waals surface area contributed by atoms with Crippen molar-refractivity contribution in [1.82, 2.24) is 0 Å². The van der Waals surface area contributed by atoms with Crippen LogP contribution in [0, 0.1) is 0 Å². The Morgan fingerprint density at radius 1 is 0.812 bits per heavy atom. The maximum Gasteiger partial charge on any atom is 0.126 e. The number of benzene rings is 1. The summed E-state index contributed by atoms with van der Waals surface area (Å²) < 4.78 is 10.7. The van der Waals surface area contributed by atoms with E-state index in [9.17, 15) is 0 Å². The topological polar surface area (TPSA) is 18.5 Å². The number of hydrogen-bond acceptors (Lipinski definition) is 2. The van der Waals surface area contributed by atoms with Gasteiger partial charge in [0, 0.05) is 11.1 Å². The van der Waals surface area contributed by atoms with Gasteiger partial charge in [0.2, 0.25) is 0 Å². The summed E-state index contributed by atoms with van der Waals surface area (Å²) in [5.41, 5.74) is 2.05. The van der Waals surface area contributed by atoms with E-state index in [2.05, 4.69) is 0 Å². The predicted molar refractivity (Wildman–Crippen MR) is 69.0 cm³/mol. The minimum atomic E-state index is 0.854. The van der Waals surface area contributed by atoms with Crippen molar-refractivity contribution < 1.29 is 9.47 Å². The van der Waals surface area contributed by atoms with E-state index >= 15 is 0 Å². The molecule has 0 aliphatic heterocycles. The van der Waals surface area contributed by atoms with Gasteiger partial charge in [-0.2, -0.15) is 0 Å². The molecule has 86 valence electrons. The third-order valence-electron chi connectivity index (χ3n) is 2.27. The first-order valence-corrected chi connectivity index (χ1v) is 5.28. The fourth-order valence-electron chi connectivity index (χ4n) is 1.56. The molecule has 0 spiro atoms. The second-order valence-corrected chi connectivity index (χ2v) is 3.34. The lowest BCUT2D eigenvalue weighted by atomic mass is 10.1. The molecule has 1 aromatic rings. The number of hydrogen-bond donors (Lipinski definition) is 0. The molecule has 0 heterocycles. The highest BCUT2D eigenvalue weighted by Crippen LogP contribution is 2.30. The first-order valence-electron chi connectivity index (χ1n) is 5.28. The smallest absolute Gasteiger partial charge is 0.126 e. The lowest BCUT2D eigenvalue weighted by Crippen LogP contribution is -1.92. The van der Waals surface area contributed by atoms with E-state index in [0.717, 1.165) is 22.6 Å². The standard InChI is InChI=1S/C14H18O2/c1-5-7-11-9-14(16-4)12(8-6-2)10-13(11)15-3/h5-10H,1-4H3/b7-5+,8-6+. The largest absolute Gasteiger partial charge is 0.496 e. The van der Waals surface area contributed by atoms with Crippen LogP contribution in [0.15, 0.2) is 24.3 Å². The highest BCUT2D eigenvalue weighted by atomic mass is 16.5. The molecule has 0 amide bonds. The van der Waals surface area contributed by atoms with Gasteiger partial charge in [-0.15, -0.1) is 0 Å². The van der Waals surface area contributed by atoms with Gasteiger partial charge in [0.05, 0.1) is 14.2 Å². The highest BCUT2D eigenvalue weighted by Gasteiger charge is 2.06.